The quantitative estimate of drug-likeness (QED) is 0.737. The zero-order valence-corrected chi connectivity index (χ0v) is 11.9. The monoisotopic (exact) mass is 336 g/mol. The molecule has 0 saturated heterocycles. The summed E-state index contributed by atoms with van der Waals surface area (Å²) in [4.78, 5) is 4.27. The molecule has 4 nitrogen and oxygen atoms in total. The maximum Gasteiger partial charge on any atom is 0.233 e. The zero-order chi connectivity index (χ0) is 14.1. The van der Waals surface area contributed by atoms with Gasteiger partial charge in [0, 0.05) is 5.69 Å². The van der Waals surface area contributed by atoms with Crippen molar-refractivity contribution in [2.45, 2.75) is 6.61 Å². The topological polar surface area (TPSA) is 61.3 Å². The second-order valence-electron chi connectivity index (χ2n) is 4.20. The lowest BCUT2D eigenvalue weighted by molar-refractivity contribution is 0.265. The lowest BCUT2D eigenvalue weighted by atomic mass is 10.3. The number of anilines is 1. The average molecular weight is 337 g/mol. The molecule has 0 fully saturated rings. The molecule has 0 bridgehead atoms. The molecule has 0 aliphatic heterocycles. The number of fused-ring (bicyclic) bond motifs is 1. The predicted octanol–water partition coefficient (Wildman–Crippen LogP) is 3.89. The molecule has 2 N–H and O–H groups in total. The molecule has 0 saturated carbocycles. The highest BCUT2D eigenvalue weighted by atomic mass is 79.9. The number of nitrogens with two attached hydrogens (primary N) is 1. The predicted molar refractivity (Wildman–Crippen MR) is 76.9 cm³/mol. The minimum absolute atomic E-state index is 0.152. The third kappa shape index (κ3) is 2.60. The van der Waals surface area contributed by atoms with Crippen molar-refractivity contribution >= 4 is 32.7 Å². The van der Waals surface area contributed by atoms with Crippen molar-refractivity contribution in [1.82, 2.24) is 4.98 Å². The van der Waals surface area contributed by atoms with Gasteiger partial charge in [0.1, 0.15) is 17.1 Å². The van der Waals surface area contributed by atoms with Gasteiger partial charge in [-0.1, -0.05) is 0 Å². The third-order valence-electron chi connectivity index (χ3n) is 2.70. The second-order valence-corrected chi connectivity index (χ2v) is 5.05. The van der Waals surface area contributed by atoms with E-state index in [1.165, 1.54) is 12.1 Å². The van der Waals surface area contributed by atoms with Crippen LogP contribution in [0.2, 0.25) is 0 Å². The van der Waals surface area contributed by atoms with Crippen LogP contribution in [0.4, 0.5) is 10.1 Å². The molecule has 0 atom stereocenters. The van der Waals surface area contributed by atoms with Crippen LogP contribution in [-0.4, -0.2) is 4.98 Å². The minimum Gasteiger partial charge on any atom is -0.483 e. The van der Waals surface area contributed by atoms with Crippen molar-refractivity contribution in [2.24, 2.45) is 0 Å². The number of halogens is 2. The van der Waals surface area contributed by atoms with Crippen LogP contribution in [-0.2, 0) is 6.61 Å². The molecule has 20 heavy (non-hydrogen) atoms. The lowest BCUT2D eigenvalue weighted by Gasteiger charge is -2.05. The number of nitrogens with zero attached hydrogens (tertiary/aromatic N) is 1. The minimum atomic E-state index is -0.332. The molecule has 102 valence electrons. The van der Waals surface area contributed by atoms with Crippen molar-refractivity contribution in [3.05, 3.63) is 52.6 Å². The maximum absolute atomic E-state index is 13.0. The van der Waals surface area contributed by atoms with Crippen LogP contribution in [0.15, 0.2) is 45.3 Å². The average Bonchev–Trinajstić information content (AvgIpc) is 2.79. The van der Waals surface area contributed by atoms with E-state index in [-0.39, 0.29) is 12.4 Å². The molecule has 0 unspecified atom stereocenters. The summed E-state index contributed by atoms with van der Waals surface area (Å²) in [6, 6.07) is 9.44. The van der Waals surface area contributed by atoms with Gasteiger partial charge in [-0.2, -0.15) is 0 Å². The van der Waals surface area contributed by atoms with Gasteiger partial charge in [-0.3, -0.25) is 0 Å². The van der Waals surface area contributed by atoms with Gasteiger partial charge in [0.25, 0.3) is 0 Å². The number of oxazole rings is 1. The summed E-state index contributed by atoms with van der Waals surface area (Å²) in [5, 5.41) is 0. The van der Waals surface area contributed by atoms with Crippen molar-refractivity contribution in [1.29, 1.82) is 0 Å². The van der Waals surface area contributed by atoms with Crippen LogP contribution in [0.1, 0.15) is 5.89 Å². The van der Waals surface area contributed by atoms with Gasteiger partial charge in [0.2, 0.25) is 5.89 Å². The van der Waals surface area contributed by atoms with E-state index in [1.54, 1.807) is 24.3 Å². The van der Waals surface area contributed by atoms with Crippen molar-refractivity contribution in [2.75, 3.05) is 5.73 Å². The van der Waals surface area contributed by atoms with E-state index in [1.807, 2.05) is 0 Å². The van der Waals surface area contributed by atoms with Gasteiger partial charge in [-0.25, -0.2) is 9.37 Å². The number of ether oxygens (including phenoxy) is 1. The fourth-order valence-corrected chi connectivity index (χ4v) is 2.25. The van der Waals surface area contributed by atoms with E-state index in [4.69, 9.17) is 14.9 Å². The van der Waals surface area contributed by atoms with Crippen LogP contribution >= 0.6 is 15.9 Å². The Kier molecular flexibility index (Phi) is 3.31. The van der Waals surface area contributed by atoms with Crippen LogP contribution < -0.4 is 10.5 Å². The van der Waals surface area contributed by atoms with Crippen molar-refractivity contribution < 1.29 is 13.5 Å². The summed E-state index contributed by atoms with van der Waals surface area (Å²) in [7, 11) is 0. The molecule has 6 heteroatoms. The first kappa shape index (κ1) is 12.9. The Bertz CT molecular complexity index is 773. The highest BCUT2D eigenvalue weighted by molar-refractivity contribution is 9.10. The van der Waals surface area contributed by atoms with Crippen LogP contribution in [0, 0.1) is 5.82 Å². The number of hydrogen-bond donors (Lipinski definition) is 1. The summed E-state index contributed by atoms with van der Waals surface area (Å²) in [6.45, 7) is 0.152. The highest BCUT2D eigenvalue weighted by Crippen LogP contribution is 2.26. The molecule has 0 amide bonds. The summed E-state index contributed by atoms with van der Waals surface area (Å²) in [5.74, 6) is 0.622. The Morgan fingerprint density at radius 1 is 1.25 bits per heavy atom. The summed E-state index contributed by atoms with van der Waals surface area (Å²) < 4.78 is 24.6. The first-order valence-corrected chi connectivity index (χ1v) is 6.64. The van der Waals surface area contributed by atoms with E-state index >= 15 is 0 Å². The summed E-state index contributed by atoms with van der Waals surface area (Å²) in [5.41, 5.74) is 7.63. The van der Waals surface area contributed by atoms with Gasteiger partial charge >= 0.3 is 0 Å². The fraction of sp³-hybridized carbons (Fsp3) is 0.0714. The van der Waals surface area contributed by atoms with E-state index in [2.05, 4.69) is 20.9 Å². The van der Waals surface area contributed by atoms with E-state index in [9.17, 15) is 4.39 Å². The Labute approximate surface area is 122 Å². The molecule has 1 heterocycles. The van der Waals surface area contributed by atoms with Gasteiger partial charge in [0.05, 0.1) is 4.47 Å². The second kappa shape index (κ2) is 5.13. The third-order valence-corrected chi connectivity index (χ3v) is 3.32. The molecule has 3 rings (SSSR count). The van der Waals surface area contributed by atoms with Gasteiger partial charge in [-0.05, 0) is 52.3 Å². The molecule has 0 aliphatic rings. The van der Waals surface area contributed by atoms with E-state index in [0.29, 0.717) is 32.9 Å². The maximum atomic E-state index is 13.0. The molecule has 0 aliphatic carbocycles. The SMILES string of the molecule is Nc1ccc2oc(COc3ccc(F)cc3Br)nc2c1. The largest absolute Gasteiger partial charge is 0.483 e. The van der Waals surface area contributed by atoms with E-state index in [0.717, 1.165) is 0 Å². The molecule has 3 aromatic rings. The lowest BCUT2D eigenvalue weighted by Crippen LogP contribution is -1.96. The standard InChI is InChI=1S/C14H10BrFN2O2/c15-10-5-8(16)1-3-12(10)19-7-14-18-11-6-9(17)2-4-13(11)20-14/h1-6H,7,17H2. The molecule has 1 aromatic heterocycles. The number of aromatic nitrogens is 1. The van der Waals surface area contributed by atoms with Crippen LogP contribution in [0.5, 0.6) is 5.75 Å². The Hall–Kier alpha value is -2.08. The molecular formula is C14H10BrFN2O2. The Balaban J connectivity index is 1.79. The molecule has 0 radical (unpaired) electrons. The van der Waals surface area contributed by atoms with Crippen molar-refractivity contribution in [3.8, 4) is 5.75 Å². The van der Waals surface area contributed by atoms with Crippen LogP contribution in [0.3, 0.4) is 0 Å². The van der Waals surface area contributed by atoms with E-state index < -0.39 is 0 Å². The molecule has 2 aromatic carbocycles. The smallest absolute Gasteiger partial charge is 0.233 e. The Morgan fingerprint density at radius 2 is 2.10 bits per heavy atom. The first-order valence-electron chi connectivity index (χ1n) is 5.84. The zero-order valence-electron chi connectivity index (χ0n) is 10.3. The number of rotatable bonds is 3. The number of nitrogen functional groups attached to an aromatic ring is 1. The normalized spacial score (nSPS) is 10.9. The molecule has 0 spiro atoms. The highest BCUT2D eigenvalue weighted by Gasteiger charge is 2.08. The van der Waals surface area contributed by atoms with Gasteiger partial charge in [0.15, 0.2) is 12.2 Å². The van der Waals surface area contributed by atoms with Crippen LogP contribution in [0.25, 0.3) is 11.1 Å². The first-order chi connectivity index (χ1) is 9.61. The summed E-state index contributed by atoms with van der Waals surface area (Å²) in [6.07, 6.45) is 0. The summed E-state index contributed by atoms with van der Waals surface area (Å²) >= 11 is 3.23. The number of hydrogen-bond acceptors (Lipinski definition) is 4. The number of benzene rings is 2. The Morgan fingerprint density at radius 3 is 2.90 bits per heavy atom. The van der Waals surface area contributed by atoms with Gasteiger partial charge in [-0.15, -0.1) is 0 Å². The molecular weight excluding hydrogens is 327 g/mol. The van der Waals surface area contributed by atoms with Crippen molar-refractivity contribution in [3.63, 3.8) is 0 Å². The fourth-order valence-electron chi connectivity index (χ4n) is 1.79. The van der Waals surface area contributed by atoms with Gasteiger partial charge < -0.3 is 14.9 Å².